The first-order chi connectivity index (χ1) is 14.7. The van der Waals surface area contributed by atoms with Crippen LogP contribution in [-0.4, -0.2) is 61.8 Å². The van der Waals surface area contributed by atoms with Crippen LogP contribution in [0.3, 0.4) is 0 Å². The fraction of sp³-hybridized carbons (Fsp3) is 0.522. The molecule has 0 amide bonds. The number of nitrogens with one attached hydrogen (secondary N) is 1. The van der Waals surface area contributed by atoms with Crippen LogP contribution in [0.2, 0.25) is 0 Å². The largest absolute Gasteiger partial charge is 0.309 e. The number of nitrogens with zero attached hydrogens (tertiary/aromatic N) is 5. The normalized spacial score (nSPS) is 23.8. The first-order valence-corrected chi connectivity index (χ1v) is 11.2. The van der Waals surface area contributed by atoms with Gasteiger partial charge in [0.15, 0.2) is 5.65 Å². The molecule has 1 N–H and O–H groups in total. The molecule has 0 bridgehead atoms. The number of para-hydroxylation sites is 1. The molecule has 5 rings (SSSR count). The van der Waals surface area contributed by atoms with E-state index in [1.807, 2.05) is 30.3 Å². The van der Waals surface area contributed by atoms with Crippen molar-refractivity contribution < 1.29 is 0 Å². The third-order valence-electron chi connectivity index (χ3n) is 6.77. The summed E-state index contributed by atoms with van der Waals surface area (Å²) in [5.74, 6) is 1.61. The molecule has 30 heavy (non-hydrogen) atoms. The van der Waals surface area contributed by atoms with Crippen LogP contribution < -0.4 is 5.56 Å². The van der Waals surface area contributed by atoms with Gasteiger partial charge in [-0.3, -0.25) is 14.6 Å². The Balaban J connectivity index is 1.29. The van der Waals surface area contributed by atoms with Crippen molar-refractivity contribution >= 4 is 11.0 Å². The van der Waals surface area contributed by atoms with Gasteiger partial charge in [0.05, 0.1) is 18.4 Å². The minimum atomic E-state index is -0.118. The zero-order chi connectivity index (χ0) is 20.5. The summed E-state index contributed by atoms with van der Waals surface area (Å²) in [7, 11) is 0. The summed E-state index contributed by atoms with van der Waals surface area (Å²) in [6, 6.07) is 10.6. The highest BCUT2D eigenvalue weighted by molar-refractivity contribution is 5.75. The minimum absolute atomic E-state index is 0.118. The van der Waals surface area contributed by atoms with E-state index < -0.39 is 0 Å². The summed E-state index contributed by atoms with van der Waals surface area (Å²) in [5.41, 5.74) is 1.41. The fourth-order valence-corrected chi connectivity index (χ4v) is 4.90. The second-order valence-corrected chi connectivity index (χ2v) is 8.87. The Morgan fingerprint density at radius 1 is 1.03 bits per heavy atom. The summed E-state index contributed by atoms with van der Waals surface area (Å²) in [6.45, 7) is 7.29. The van der Waals surface area contributed by atoms with E-state index in [0.717, 1.165) is 43.8 Å². The molecule has 3 aromatic rings. The molecule has 0 atom stereocenters. The number of hydrogen-bond donors (Lipinski definition) is 1. The van der Waals surface area contributed by atoms with Crippen molar-refractivity contribution in [1.82, 2.24) is 29.5 Å². The lowest BCUT2D eigenvalue weighted by Gasteiger charge is -2.41. The maximum Gasteiger partial charge on any atom is 0.262 e. The molecule has 0 radical (unpaired) electrons. The smallest absolute Gasteiger partial charge is 0.262 e. The topological polar surface area (TPSA) is 70.1 Å². The van der Waals surface area contributed by atoms with Gasteiger partial charge in [-0.05, 0) is 43.7 Å². The number of aromatic nitrogens is 4. The van der Waals surface area contributed by atoms with Crippen LogP contribution in [0.25, 0.3) is 16.7 Å². The highest BCUT2D eigenvalue weighted by Gasteiger charge is 2.27. The molecule has 0 spiro atoms. The number of H-pyrrole nitrogens is 1. The van der Waals surface area contributed by atoms with Crippen LogP contribution in [0.1, 0.15) is 38.4 Å². The van der Waals surface area contributed by atoms with Gasteiger partial charge in [0.2, 0.25) is 0 Å². The number of benzene rings is 1. The second kappa shape index (κ2) is 8.32. The molecule has 2 aromatic heterocycles. The average Bonchev–Trinajstić information content (AvgIpc) is 3.20. The summed E-state index contributed by atoms with van der Waals surface area (Å²) >= 11 is 0. The molecule has 158 valence electrons. The zero-order valence-electron chi connectivity index (χ0n) is 17.6. The molecule has 3 heterocycles. The number of aromatic amines is 1. The lowest BCUT2D eigenvalue weighted by atomic mass is 9.86. The zero-order valence-corrected chi connectivity index (χ0v) is 17.6. The Hall–Kier alpha value is -2.51. The van der Waals surface area contributed by atoms with Crippen molar-refractivity contribution in [1.29, 1.82) is 0 Å². The first kappa shape index (κ1) is 19.5. The Morgan fingerprint density at radius 3 is 2.50 bits per heavy atom. The molecule has 2 fully saturated rings. The third-order valence-corrected chi connectivity index (χ3v) is 6.77. The average molecular weight is 407 g/mol. The van der Waals surface area contributed by atoms with Crippen molar-refractivity contribution in [3.63, 3.8) is 0 Å². The summed E-state index contributed by atoms with van der Waals surface area (Å²) in [5, 5.41) is 4.92. The van der Waals surface area contributed by atoms with Crippen LogP contribution >= 0.6 is 0 Å². The van der Waals surface area contributed by atoms with Gasteiger partial charge in [0, 0.05) is 32.2 Å². The highest BCUT2D eigenvalue weighted by atomic mass is 16.1. The van der Waals surface area contributed by atoms with E-state index in [1.165, 1.54) is 25.7 Å². The van der Waals surface area contributed by atoms with Crippen LogP contribution in [-0.2, 0) is 6.54 Å². The van der Waals surface area contributed by atoms with Crippen molar-refractivity contribution in [2.45, 2.75) is 45.2 Å². The molecule has 1 saturated carbocycles. The second-order valence-electron chi connectivity index (χ2n) is 8.87. The quantitative estimate of drug-likeness (QED) is 0.722. The summed E-state index contributed by atoms with van der Waals surface area (Å²) in [6.07, 6.45) is 7.02. The van der Waals surface area contributed by atoms with E-state index in [4.69, 9.17) is 4.98 Å². The Morgan fingerprint density at radius 2 is 1.77 bits per heavy atom. The third kappa shape index (κ3) is 3.91. The molecule has 7 heteroatoms. The van der Waals surface area contributed by atoms with Crippen molar-refractivity contribution in [3.8, 4) is 5.69 Å². The number of piperazine rings is 1. The highest BCUT2D eigenvalue weighted by Crippen LogP contribution is 2.27. The van der Waals surface area contributed by atoms with Crippen molar-refractivity contribution in [2.75, 3.05) is 26.2 Å². The van der Waals surface area contributed by atoms with Crippen molar-refractivity contribution in [2.24, 2.45) is 5.92 Å². The van der Waals surface area contributed by atoms with E-state index in [2.05, 4.69) is 26.8 Å². The predicted molar refractivity (Wildman–Crippen MR) is 118 cm³/mol. The van der Waals surface area contributed by atoms with E-state index in [0.29, 0.717) is 23.4 Å². The van der Waals surface area contributed by atoms with E-state index in [9.17, 15) is 4.79 Å². The molecule has 1 aliphatic heterocycles. The van der Waals surface area contributed by atoms with Gasteiger partial charge in [0.25, 0.3) is 5.56 Å². The standard InChI is InChI=1S/C23H30N6O/c1-17-7-9-18(10-8-17)28-13-11-27(12-14-28)16-21-25-22-20(23(30)26-21)15-24-29(22)19-5-3-2-4-6-19/h2-6,15,17-18H,7-14,16H2,1H3,(H,25,26,30). The maximum atomic E-state index is 12.6. The Bertz CT molecular complexity index is 1040. The molecular weight excluding hydrogens is 376 g/mol. The number of hydrogen-bond acceptors (Lipinski definition) is 5. The predicted octanol–water partition coefficient (Wildman–Crippen LogP) is 2.81. The molecule has 1 aliphatic carbocycles. The van der Waals surface area contributed by atoms with Crippen LogP contribution in [0.5, 0.6) is 0 Å². The summed E-state index contributed by atoms with van der Waals surface area (Å²) < 4.78 is 1.75. The van der Waals surface area contributed by atoms with Gasteiger partial charge in [-0.1, -0.05) is 25.1 Å². The molecule has 1 aromatic carbocycles. The molecule has 7 nitrogen and oxygen atoms in total. The SMILES string of the molecule is CC1CCC(N2CCN(Cc3nc4c(cnn4-c4ccccc4)c(=O)[nH]3)CC2)CC1. The van der Waals surface area contributed by atoms with Crippen molar-refractivity contribution in [3.05, 3.63) is 52.7 Å². The van der Waals surface area contributed by atoms with Gasteiger partial charge in [0.1, 0.15) is 11.2 Å². The van der Waals surface area contributed by atoms with Gasteiger partial charge in [-0.25, -0.2) is 9.67 Å². The Kier molecular flexibility index (Phi) is 5.39. The molecular formula is C23H30N6O. The van der Waals surface area contributed by atoms with Gasteiger partial charge in [-0.15, -0.1) is 0 Å². The van der Waals surface area contributed by atoms with E-state index >= 15 is 0 Å². The minimum Gasteiger partial charge on any atom is -0.309 e. The van der Waals surface area contributed by atoms with E-state index in [-0.39, 0.29) is 5.56 Å². The Labute approximate surface area is 176 Å². The summed E-state index contributed by atoms with van der Waals surface area (Å²) in [4.78, 5) is 25.4. The van der Waals surface area contributed by atoms with Gasteiger partial charge >= 0.3 is 0 Å². The lowest BCUT2D eigenvalue weighted by molar-refractivity contribution is 0.0678. The van der Waals surface area contributed by atoms with Crippen LogP contribution in [0.15, 0.2) is 41.3 Å². The maximum absolute atomic E-state index is 12.6. The lowest BCUT2D eigenvalue weighted by Crippen LogP contribution is -2.50. The fourth-order valence-electron chi connectivity index (χ4n) is 4.90. The van der Waals surface area contributed by atoms with Crippen LogP contribution in [0, 0.1) is 5.92 Å². The van der Waals surface area contributed by atoms with E-state index in [1.54, 1.807) is 10.9 Å². The molecule has 1 saturated heterocycles. The van der Waals surface area contributed by atoms with Gasteiger partial charge in [-0.2, -0.15) is 5.10 Å². The number of rotatable bonds is 4. The molecule has 0 unspecified atom stereocenters. The van der Waals surface area contributed by atoms with Crippen LogP contribution in [0.4, 0.5) is 0 Å². The first-order valence-electron chi connectivity index (χ1n) is 11.2. The monoisotopic (exact) mass is 406 g/mol. The van der Waals surface area contributed by atoms with Gasteiger partial charge < -0.3 is 4.98 Å². The molecule has 2 aliphatic rings. The number of fused-ring (bicyclic) bond motifs is 1.